The van der Waals surface area contributed by atoms with Crippen molar-refractivity contribution in [1.29, 1.82) is 0 Å². The van der Waals surface area contributed by atoms with Gasteiger partial charge in [0, 0.05) is 31.1 Å². The van der Waals surface area contributed by atoms with E-state index in [2.05, 4.69) is 34.2 Å². The van der Waals surface area contributed by atoms with E-state index in [1.54, 1.807) is 0 Å². The summed E-state index contributed by atoms with van der Waals surface area (Å²) in [6.45, 7) is 8.28. The molecule has 2 heterocycles. The summed E-state index contributed by atoms with van der Waals surface area (Å²) in [6, 6.07) is 0. The Morgan fingerprint density at radius 2 is 2.05 bits per heavy atom. The highest BCUT2D eigenvalue weighted by atomic mass is 35.5. The van der Waals surface area contributed by atoms with Crippen LogP contribution >= 0.6 is 12.4 Å². The van der Waals surface area contributed by atoms with E-state index in [4.69, 9.17) is 4.52 Å². The van der Waals surface area contributed by atoms with Crippen LogP contribution in [0.3, 0.4) is 0 Å². The van der Waals surface area contributed by atoms with Crippen molar-refractivity contribution in [2.45, 2.75) is 64.0 Å². The molecule has 1 aromatic rings. The summed E-state index contributed by atoms with van der Waals surface area (Å²) in [5.74, 6) is 1.91. The Hall–Kier alpha value is -0.650. The fraction of sp³-hybridized carbons (Fsp3) is 0.867. The second-order valence-corrected chi connectivity index (χ2v) is 6.59. The summed E-state index contributed by atoms with van der Waals surface area (Å²) in [4.78, 5) is 7.14. The lowest BCUT2D eigenvalue weighted by molar-refractivity contribution is 0.0184. The summed E-state index contributed by atoms with van der Waals surface area (Å²) >= 11 is 0. The molecule has 0 radical (unpaired) electrons. The topological polar surface area (TPSA) is 54.2 Å². The van der Waals surface area contributed by atoms with Gasteiger partial charge in [-0.2, -0.15) is 4.98 Å². The van der Waals surface area contributed by atoms with Gasteiger partial charge in [-0.05, 0) is 12.8 Å². The molecule has 1 aromatic heterocycles. The minimum atomic E-state index is 0. The van der Waals surface area contributed by atoms with Crippen LogP contribution in [-0.4, -0.2) is 40.2 Å². The molecule has 0 unspecified atom stereocenters. The molecular weight excluding hydrogens is 288 g/mol. The van der Waals surface area contributed by atoms with Gasteiger partial charge in [0.1, 0.15) is 0 Å². The number of nitrogens with one attached hydrogen (secondary N) is 1. The number of rotatable bonds is 3. The first-order chi connectivity index (χ1) is 9.70. The van der Waals surface area contributed by atoms with Crippen molar-refractivity contribution in [3.8, 4) is 0 Å². The van der Waals surface area contributed by atoms with Crippen molar-refractivity contribution in [2.24, 2.45) is 0 Å². The Balaban J connectivity index is 0.00000161. The van der Waals surface area contributed by atoms with Crippen LogP contribution in [0, 0.1) is 0 Å². The SMILES string of the molecule is CC(C)c1nc(CN2CCNCC23CCCCC3)no1.Cl. The number of hydrogen-bond acceptors (Lipinski definition) is 5. The highest BCUT2D eigenvalue weighted by Crippen LogP contribution is 2.35. The molecule has 1 N–H and O–H groups in total. The van der Waals surface area contributed by atoms with Gasteiger partial charge in [0.05, 0.1) is 6.54 Å². The number of halogens is 1. The zero-order chi connectivity index (χ0) is 14.0. The maximum absolute atomic E-state index is 5.34. The lowest BCUT2D eigenvalue weighted by Gasteiger charge is -2.49. The van der Waals surface area contributed by atoms with Gasteiger partial charge in [0.25, 0.3) is 0 Å². The van der Waals surface area contributed by atoms with E-state index in [-0.39, 0.29) is 12.4 Å². The average molecular weight is 315 g/mol. The van der Waals surface area contributed by atoms with Gasteiger partial charge in [-0.3, -0.25) is 4.90 Å². The second-order valence-electron chi connectivity index (χ2n) is 6.59. The lowest BCUT2D eigenvalue weighted by atomic mass is 9.79. The predicted molar refractivity (Wildman–Crippen MR) is 84.7 cm³/mol. The summed E-state index contributed by atoms with van der Waals surface area (Å²) in [5, 5.41) is 7.74. The standard InChI is InChI=1S/C15H26N4O.ClH/c1-12(2)14-17-13(18-20-14)10-19-9-8-16-11-15(19)6-4-3-5-7-15;/h12,16H,3-11H2,1-2H3;1H. The molecule has 2 fully saturated rings. The van der Waals surface area contributed by atoms with Crippen LogP contribution in [0.2, 0.25) is 0 Å². The quantitative estimate of drug-likeness (QED) is 0.929. The largest absolute Gasteiger partial charge is 0.339 e. The molecule has 1 saturated carbocycles. The Morgan fingerprint density at radius 1 is 1.29 bits per heavy atom. The molecule has 1 aliphatic carbocycles. The maximum atomic E-state index is 5.34. The molecule has 1 saturated heterocycles. The predicted octanol–water partition coefficient (Wildman–Crippen LogP) is 2.72. The van der Waals surface area contributed by atoms with Crippen LogP contribution < -0.4 is 5.32 Å². The zero-order valence-corrected chi connectivity index (χ0v) is 13.9. The summed E-state index contributed by atoms with van der Waals surface area (Å²) < 4.78 is 5.34. The van der Waals surface area contributed by atoms with Crippen LogP contribution in [0.4, 0.5) is 0 Å². The molecule has 21 heavy (non-hydrogen) atoms. The Kier molecular flexibility index (Phi) is 5.63. The van der Waals surface area contributed by atoms with Gasteiger partial charge in [-0.1, -0.05) is 38.3 Å². The fourth-order valence-corrected chi connectivity index (χ4v) is 3.57. The van der Waals surface area contributed by atoms with Crippen molar-refractivity contribution < 1.29 is 4.52 Å². The van der Waals surface area contributed by atoms with Gasteiger partial charge < -0.3 is 9.84 Å². The number of hydrogen-bond donors (Lipinski definition) is 1. The van der Waals surface area contributed by atoms with Gasteiger partial charge in [0.15, 0.2) is 5.82 Å². The highest BCUT2D eigenvalue weighted by molar-refractivity contribution is 5.85. The van der Waals surface area contributed by atoms with Crippen molar-refractivity contribution in [3.63, 3.8) is 0 Å². The Labute approximate surface area is 133 Å². The Morgan fingerprint density at radius 3 is 2.71 bits per heavy atom. The van der Waals surface area contributed by atoms with E-state index in [1.165, 1.54) is 32.1 Å². The van der Waals surface area contributed by atoms with Gasteiger partial charge >= 0.3 is 0 Å². The molecular formula is C15H27ClN4O. The average Bonchev–Trinajstić information content (AvgIpc) is 2.91. The van der Waals surface area contributed by atoms with E-state index < -0.39 is 0 Å². The minimum Gasteiger partial charge on any atom is -0.339 e. The fourth-order valence-electron chi connectivity index (χ4n) is 3.57. The smallest absolute Gasteiger partial charge is 0.229 e. The van der Waals surface area contributed by atoms with E-state index in [9.17, 15) is 0 Å². The second kappa shape index (κ2) is 7.07. The molecule has 0 bridgehead atoms. The van der Waals surface area contributed by atoms with Crippen LogP contribution in [0.5, 0.6) is 0 Å². The first-order valence-corrected chi connectivity index (χ1v) is 7.98. The molecule has 6 heteroatoms. The molecule has 0 amide bonds. The molecule has 2 aliphatic rings. The molecule has 1 aliphatic heterocycles. The lowest BCUT2D eigenvalue weighted by Crippen LogP contribution is -2.61. The molecule has 0 atom stereocenters. The first-order valence-electron chi connectivity index (χ1n) is 7.98. The number of aromatic nitrogens is 2. The monoisotopic (exact) mass is 314 g/mol. The maximum Gasteiger partial charge on any atom is 0.229 e. The van der Waals surface area contributed by atoms with Gasteiger partial charge in [-0.25, -0.2) is 0 Å². The summed E-state index contributed by atoms with van der Waals surface area (Å²) in [5.41, 5.74) is 0.328. The summed E-state index contributed by atoms with van der Waals surface area (Å²) in [6.07, 6.45) is 6.68. The van der Waals surface area contributed by atoms with Crippen molar-refractivity contribution >= 4 is 12.4 Å². The van der Waals surface area contributed by atoms with E-state index in [1.807, 2.05) is 0 Å². The molecule has 120 valence electrons. The van der Waals surface area contributed by atoms with Crippen LogP contribution in [0.1, 0.15) is 63.6 Å². The molecule has 0 aromatic carbocycles. The van der Waals surface area contributed by atoms with Crippen LogP contribution in [0.25, 0.3) is 0 Å². The third-order valence-electron chi connectivity index (χ3n) is 4.78. The highest BCUT2D eigenvalue weighted by Gasteiger charge is 2.40. The minimum absolute atomic E-state index is 0. The van der Waals surface area contributed by atoms with E-state index in [0.717, 1.165) is 37.9 Å². The molecule has 5 nitrogen and oxygen atoms in total. The third kappa shape index (κ3) is 3.58. The molecule has 3 rings (SSSR count). The molecule has 1 spiro atoms. The van der Waals surface area contributed by atoms with Gasteiger partial charge in [0.2, 0.25) is 5.89 Å². The normalized spacial score (nSPS) is 22.4. The van der Waals surface area contributed by atoms with E-state index in [0.29, 0.717) is 11.5 Å². The van der Waals surface area contributed by atoms with Crippen LogP contribution in [-0.2, 0) is 6.54 Å². The number of nitrogens with zero attached hydrogens (tertiary/aromatic N) is 3. The van der Waals surface area contributed by atoms with E-state index >= 15 is 0 Å². The van der Waals surface area contributed by atoms with Crippen molar-refractivity contribution in [3.05, 3.63) is 11.7 Å². The summed E-state index contributed by atoms with van der Waals surface area (Å²) in [7, 11) is 0. The van der Waals surface area contributed by atoms with Crippen LogP contribution in [0.15, 0.2) is 4.52 Å². The van der Waals surface area contributed by atoms with Crippen molar-refractivity contribution in [2.75, 3.05) is 19.6 Å². The van der Waals surface area contributed by atoms with Crippen molar-refractivity contribution in [1.82, 2.24) is 20.4 Å². The third-order valence-corrected chi connectivity index (χ3v) is 4.78. The Bertz CT molecular complexity index is 434. The number of piperazine rings is 1. The van der Waals surface area contributed by atoms with Gasteiger partial charge in [-0.15, -0.1) is 12.4 Å². The zero-order valence-electron chi connectivity index (χ0n) is 13.1. The first kappa shape index (κ1) is 16.7.